The van der Waals surface area contributed by atoms with Crippen LogP contribution in [-0.2, 0) is 9.59 Å². The topological polar surface area (TPSA) is 70.2 Å². The maximum absolute atomic E-state index is 13.2. The van der Waals surface area contributed by atoms with Crippen molar-refractivity contribution in [2.24, 2.45) is 5.92 Å². The molecule has 0 spiro atoms. The second kappa shape index (κ2) is 8.80. The number of alkyl halides is 2. The minimum atomic E-state index is -2.93. The van der Waals surface area contributed by atoms with Crippen molar-refractivity contribution in [1.82, 2.24) is 14.7 Å². The summed E-state index contributed by atoms with van der Waals surface area (Å²) in [5.74, 6) is -0.0565. The maximum atomic E-state index is 13.2. The molecule has 168 valence electrons. The quantitative estimate of drug-likeness (QED) is 0.713. The van der Waals surface area contributed by atoms with Gasteiger partial charge in [0.1, 0.15) is 18.0 Å². The lowest BCUT2D eigenvalue weighted by Crippen LogP contribution is -2.70. The van der Waals surface area contributed by atoms with Gasteiger partial charge in [0.2, 0.25) is 11.8 Å². The zero-order valence-electron chi connectivity index (χ0n) is 17.5. The number of hydrogen-bond acceptors (Lipinski definition) is 4. The van der Waals surface area contributed by atoms with Crippen molar-refractivity contribution in [3.8, 4) is 5.75 Å². The Kier molecular flexibility index (Phi) is 6.11. The van der Waals surface area contributed by atoms with E-state index >= 15 is 0 Å². The zero-order valence-corrected chi connectivity index (χ0v) is 17.5. The summed E-state index contributed by atoms with van der Waals surface area (Å²) in [6.45, 7) is -0.00639. The number of ether oxygens (including phenoxy) is 1. The van der Waals surface area contributed by atoms with E-state index in [1.165, 1.54) is 42.0 Å². The van der Waals surface area contributed by atoms with Crippen LogP contribution in [0, 0.1) is 5.92 Å². The molecule has 3 aliphatic rings. The minimum absolute atomic E-state index is 0.0263. The molecular formula is C22H27F2N3O4. The predicted octanol–water partition coefficient (Wildman–Crippen LogP) is 2.71. The molecule has 31 heavy (non-hydrogen) atoms. The van der Waals surface area contributed by atoms with Crippen molar-refractivity contribution in [2.45, 2.75) is 57.8 Å². The van der Waals surface area contributed by atoms with Gasteiger partial charge in [-0.05, 0) is 49.9 Å². The van der Waals surface area contributed by atoms with Gasteiger partial charge in [-0.25, -0.2) is 0 Å². The van der Waals surface area contributed by atoms with Crippen LogP contribution in [0.3, 0.4) is 0 Å². The Labute approximate surface area is 179 Å². The fourth-order valence-electron chi connectivity index (χ4n) is 4.99. The molecule has 2 unspecified atom stereocenters. The number of halogens is 2. The van der Waals surface area contributed by atoms with Gasteiger partial charge in [0.25, 0.3) is 5.91 Å². The Hall–Kier alpha value is -2.71. The number of piperazine rings is 1. The molecule has 0 bridgehead atoms. The van der Waals surface area contributed by atoms with Crippen molar-refractivity contribution < 1.29 is 27.9 Å². The van der Waals surface area contributed by atoms with Crippen LogP contribution >= 0.6 is 0 Å². The lowest BCUT2D eigenvalue weighted by atomic mass is 10.0. The van der Waals surface area contributed by atoms with Gasteiger partial charge < -0.3 is 19.4 Å². The van der Waals surface area contributed by atoms with E-state index in [0.717, 1.165) is 12.8 Å². The van der Waals surface area contributed by atoms with Crippen LogP contribution in [0.25, 0.3) is 0 Å². The molecule has 7 nitrogen and oxygen atoms in total. The highest BCUT2D eigenvalue weighted by Gasteiger charge is 2.47. The van der Waals surface area contributed by atoms with Crippen LogP contribution in [0.2, 0.25) is 0 Å². The first-order chi connectivity index (χ1) is 14.8. The van der Waals surface area contributed by atoms with Crippen LogP contribution in [0.5, 0.6) is 5.75 Å². The van der Waals surface area contributed by atoms with Gasteiger partial charge in [0.05, 0.1) is 6.54 Å². The summed E-state index contributed by atoms with van der Waals surface area (Å²) in [7, 11) is 0. The summed E-state index contributed by atoms with van der Waals surface area (Å²) in [5, 5.41) is 0. The first-order valence-corrected chi connectivity index (χ1v) is 10.8. The first kappa shape index (κ1) is 21.5. The third kappa shape index (κ3) is 4.36. The van der Waals surface area contributed by atoms with Crippen LogP contribution in [0.4, 0.5) is 8.78 Å². The van der Waals surface area contributed by atoms with Crippen LogP contribution < -0.4 is 4.74 Å². The highest BCUT2D eigenvalue weighted by molar-refractivity contribution is 5.97. The molecule has 9 heteroatoms. The van der Waals surface area contributed by atoms with E-state index in [2.05, 4.69) is 4.74 Å². The zero-order chi connectivity index (χ0) is 22.1. The van der Waals surface area contributed by atoms with E-state index in [1.54, 1.807) is 16.7 Å². The lowest BCUT2D eigenvalue weighted by Gasteiger charge is -2.51. The van der Waals surface area contributed by atoms with Gasteiger partial charge in [-0.1, -0.05) is 12.8 Å². The van der Waals surface area contributed by atoms with Gasteiger partial charge in [-0.3, -0.25) is 14.4 Å². The molecule has 2 heterocycles. The number of nitrogens with zero attached hydrogens (tertiary/aromatic N) is 3. The van der Waals surface area contributed by atoms with Crippen molar-refractivity contribution in [2.75, 3.05) is 19.6 Å². The Morgan fingerprint density at radius 3 is 2.48 bits per heavy atom. The number of rotatable bonds is 5. The Bertz CT molecular complexity index is 842. The molecule has 1 aromatic carbocycles. The van der Waals surface area contributed by atoms with Gasteiger partial charge in [-0.15, -0.1) is 0 Å². The molecule has 0 radical (unpaired) electrons. The van der Waals surface area contributed by atoms with Crippen LogP contribution in [-0.4, -0.2) is 70.9 Å². The molecule has 2 aliphatic heterocycles. The summed E-state index contributed by atoms with van der Waals surface area (Å²) < 4.78 is 29.1. The molecule has 1 aromatic rings. The number of hydrogen-bond donors (Lipinski definition) is 0. The standard InChI is InChI=1S/C22H27F2N3O4/c1-14-20(29)25(12-15-4-2-3-5-15)13-18-26(11-10-19(28)27(14)18)21(30)16-6-8-17(9-7-16)31-22(23)24/h6-9,14-15,18,22H,2-5,10-13H2,1H3. The SMILES string of the molecule is CC1C(=O)N(CC2CCCC2)CC2N(C(=O)c3ccc(OC(F)F)cc3)CCC(=O)N12. The van der Waals surface area contributed by atoms with E-state index in [-0.39, 0.29) is 36.4 Å². The molecule has 0 aromatic heterocycles. The summed E-state index contributed by atoms with van der Waals surface area (Å²) in [5.41, 5.74) is 0.322. The second-order valence-electron chi connectivity index (χ2n) is 8.50. The summed E-state index contributed by atoms with van der Waals surface area (Å²) in [6.07, 6.45) is 4.16. The highest BCUT2D eigenvalue weighted by Crippen LogP contribution is 2.30. The van der Waals surface area contributed by atoms with Crippen LogP contribution in [0.1, 0.15) is 49.4 Å². The second-order valence-corrected chi connectivity index (χ2v) is 8.50. The maximum Gasteiger partial charge on any atom is 0.387 e. The van der Waals surface area contributed by atoms with Gasteiger partial charge in [0, 0.05) is 25.1 Å². The minimum Gasteiger partial charge on any atom is -0.435 e. The normalized spacial score (nSPS) is 24.7. The molecular weight excluding hydrogens is 408 g/mol. The molecule has 1 saturated carbocycles. The van der Waals surface area contributed by atoms with Crippen LogP contribution in [0.15, 0.2) is 24.3 Å². The highest BCUT2D eigenvalue weighted by atomic mass is 19.3. The molecule has 4 rings (SSSR count). The number of amides is 3. The molecule has 2 atom stereocenters. The monoisotopic (exact) mass is 435 g/mol. The molecule has 2 saturated heterocycles. The number of carbonyl (C=O) groups is 3. The first-order valence-electron chi connectivity index (χ1n) is 10.8. The third-order valence-electron chi connectivity index (χ3n) is 6.55. The number of benzene rings is 1. The Morgan fingerprint density at radius 2 is 1.84 bits per heavy atom. The number of carbonyl (C=O) groups excluding carboxylic acids is 3. The van der Waals surface area contributed by atoms with Gasteiger partial charge >= 0.3 is 6.61 Å². The van der Waals surface area contributed by atoms with Crippen molar-refractivity contribution in [3.63, 3.8) is 0 Å². The summed E-state index contributed by atoms with van der Waals surface area (Å²) in [4.78, 5) is 43.7. The lowest BCUT2D eigenvalue weighted by molar-refractivity contribution is -0.166. The Morgan fingerprint density at radius 1 is 1.16 bits per heavy atom. The molecule has 3 amide bonds. The largest absolute Gasteiger partial charge is 0.435 e. The van der Waals surface area contributed by atoms with E-state index in [4.69, 9.17) is 0 Å². The van der Waals surface area contributed by atoms with E-state index in [9.17, 15) is 23.2 Å². The van der Waals surface area contributed by atoms with E-state index in [0.29, 0.717) is 24.6 Å². The molecule has 1 aliphatic carbocycles. The Balaban J connectivity index is 1.54. The summed E-state index contributed by atoms with van der Waals surface area (Å²) in [6, 6.07) is 4.91. The fraction of sp³-hybridized carbons (Fsp3) is 0.591. The van der Waals surface area contributed by atoms with Crippen molar-refractivity contribution in [3.05, 3.63) is 29.8 Å². The third-order valence-corrected chi connectivity index (χ3v) is 6.55. The van der Waals surface area contributed by atoms with Gasteiger partial charge in [-0.2, -0.15) is 8.78 Å². The van der Waals surface area contributed by atoms with E-state index < -0.39 is 18.8 Å². The van der Waals surface area contributed by atoms with Crippen molar-refractivity contribution >= 4 is 17.7 Å². The van der Waals surface area contributed by atoms with E-state index in [1.807, 2.05) is 0 Å². The van der Waals surface area contributed by atoms with Gasteiger partial charge in [0.15, 0.2) is 0 Å². The summed E-state index contributed by atoms with van der Waals surface area (Å²) >= 11 is 0. The average Bonchev–Trinajstić information content (AvgIpc) is 3.24. The fourth-order valence-corrected chi connectivity index (χ4v) is 4.99. The molecule has 3 fully saturated rings. The number of fused-ring (bicyclic) bond motifs is 1. The predicted molar refractivity (Wildman–Crippen MR) is 107 cm³/mol. The van der Waals surface area contributed by atoms with Crippen molar-refractivity contribution in [1.29, 1.82) is 0 Å². The smallest absolute Gasteiger partial charge is 0.387 e. The molecule has 0 N–H and O–H groups in total. The average molecular weight is 435 g/mol.